The minimum absolute atomic E-state index is 0.0532. The minimum Gasteiger partial charge on any atom is -0.351 e. The molecule has 5 heteroatoms. The molecular weight excluding hydrogens is 282 g/mol. The first-order valence-corrected chi connectivity index (χ1v) is 6.99. The fourth-order valence-electron chi connectivity index (χ4n) is 2.92. The summed E-state index contributed by atoms with van der Waals surface area (Å²) in [6, 6.07) is 16.3. The Morgan fingerprint density at radius 2 is 1.68 bits per heavy atom. The second kappa shape index (κ2) is 4.76. The van der Waals surface area contributed by atoms with E-state index in [9.17, 15) is 9.59 Å². The van der Waals surface area contributed by atoms with Crippen molar-refractivity contribution in [3.63, 3.8) is 0 Å². The smallest absolute Gasteiger partial charge is 0.274 e. The molecule has 5 nitrogen and oxygen atoms in total. The predicted octanol–water partition coefficient (Wildman–Crippen LogP) is 2.29. The topological polar surface area (TPSA) is 55.8 Å². The Balaban J connectivity index is 1.95. The summed E-state index contributed by atoms with van der Waals surface area (Å²) >= 11 is 0. The van der Waals surface area contributed by atoms with Crippen molar-refractivity contribution in [3.05, 3.63) is 60.2 Å². The zero-order valence-electron chi connectivity index (χ0n) is 11.7. The average molecular weight is 295 g/mol. The molecule has 110 valence electrons. The highest BCUT2D eigenvalue weighted by Gasteiger charge is 2.57. The summed E-state index contributed by atoms with van der Waals surface area (Å²) in [6.45, 7) is -0.107. The Morgan fingerprint density at radius 3 is 2.41 bits per heavy atom. The molecule has 1 atom stereocenters. The summed E-state index contributed by atoms with van der Waals surface area (Å²) in [5.41, 5.74) is 0.174. The summed E-state index contributed by atoms with van der Waals surface area (Å²) in [5, 5.41) is 0. The summed E-state index contributed by atoms with van der Waals surface area (Å²) in [4.78, 5) is 27.3. The molecule has 0 bridgehead atoms. The number of hydrogen-bond donors (Lipinski definition) is 0. The van der Waals surface area contributed by atoms with Gasteiger partial charge in [0.15, 0.2) is 0 Å². The van der Waals surface area contributed by atoms with Gasteiger partial charge in [0.25, 0.3) is 5.91 Å². The number of rotatable bonds is 1. The van der Waals surface area contributed by atoms with E-state index in [1.54, 1.807) is 24.3 Å². The van der Waals surface area contributed by atoms with Crippen LogP contribution in [0.3, 0.4) is 0 Å². The molecule has 0 N–H and O–H groups in total. The van der Waals surface area contributed by atoms with Gasteiger partial charge < -0.3 is 9.47 Å². The van der Waals surface area contributed by atoms with Crippen LogP contribution in [0.5, 0.6) is 0 Å². The van der Waals surface area contributed by atoms with Crippen molar-refractivity contribution in [2.75, 3.05) is 18.3 Å². The Bertz CT molecular complexity index is 750. The molecule has 1 fully saturated rings. The Kier molecular flexibility index (Phi) is 2.85. The number of Topliss-reactive ketones (excluding diaryl/α,β-unsaturated/α-hetero) is 1. The highest BCUT2D eigenvalue weighted by molar-refractivity contribution is 6.29. The van der Waals surface area contributed by atoms with Gasteiger partial charge in [0.2, 0.25) is 11.4 Å². The number of benzene rings is 2. The van der Waals surface area contributed by atoms with Gasteiger partial charge in [-0.1, -0.05) is 30.3 Å². The summed E-state index contributed by atoms with van der Waals surface area (Å²) < 4.78 is 10.6. The van der Waals surface area contributed by atoms with E-state index in [-0.39, 0.29) is 19.2 Å². The molecule has 2 aromatic carbocycles. The van der Waals surface area contributed by atoms with E-state index in [2.05, 4.69) is 0 Å². The van der Waals surface area contributed by atoms with Gasteiger partial charge in [-0.25, -0.2) is 0 Å². The molecule has 1 amide bonds. The molecule has 1 unspecified atom stereocenters. The maximum Gasteiger partial charge on any atom is 0.274 e. The third-order valence-electron chi connectivity index (χ3n) is 4.01. The number of ether oxygens (including phenoxy) is 2. The lowest BCUT2D eigenvalue weighted by molar-refractivity contribution is -0.132. The van der Waals surface area contributed by atoms with Crippen LogP contribution in [0, 0.1) is 0 Å². The number of ketones is 1. The van der Waals surface area contributed by atoms with E-state index < -0.39 is 11.5 Å². The number of carbonyl (C=O) groups excluding carboxylic acids is 2. The standard InChI is InChI=1S/C17H13NO4/c19-15-13-8-4-5-9-14(13)18(12-6-2-1-3-7-12)16(20)17(15)10-21-11-22-17/h1-9H,10-11H2. The van der Waals surface area contributed by atoms with Crippen LogP contribution in [0.25, 0.3) is 0 Å². The van der Waals surface area contributed by atoms with E-state index in [4.69, 9.17) is 9.47 Å². The number of carbonyl (C=O) groups is 2. The van der Waals surface area contributed by atoms with Gasteiger partial charge in [0.05, 0.1) is 12.3 Å². The van der Waals surface area contributed by atoms with Crippen LogP contribution in [-0.2, 0) is 14.3 Å². The Labute approximate surface area is 127 Å². The van der Waals surface area contributed by atoms with Crippen molar-refractivity contribution in [2.45, 2.75) is 5.60 Å². The molecule has 0 aliphatic carbocycles. The first-order chi connectivity index (χ1) is 10.7. The van der Waals surface area contributed by atoms with E-state index in [1.165, 1.54) is 4.90 Å². The normalized spacial score (nSPS) is 23.9. The van der Waals surface area contributed by atoms with Crippen LogP contribution in [0.1, 0.15) is 10.4 Å². The van der Waals surface area contributed by atoms with Crippen molar-refractivity contribution in [3.8, 4) is 0 Å². The van der Waals surface area contributed by atoms with Crippen molar-refractivity contribution < 1.29 is 19.1 Å². The molecule has 0 saturated carbocycles. The number of fused-ring (bicyclic) bond motifs is 1. The zero-order valence-corrected chi connectivity index (χ0v) is 11.7. The number of amides is 1. The van der Waals surface area contributed by atoms with Crippen molar-refractivity contribution in [2.24, 2.45) is 0 Å². The van der Waals surface area contributed by atoms with Gasteiger partial charge in [-0.15, -0.1) is 0 Å². The molecule has 1 saturated heterocycles. The molecule has 2 aliphatic rings. The SMILES string of the molecule is O=C1c2ccccc2N(c2ccccc2)C(=O)C12COCO2. The lowest BCUT2D eigenvalue weighted by Crippen LogP contribution is -2.58. The van der Waals surface area contributed by atoms with Crippen LogP contribution in [0.2, 0.25) is 0 Å². The van der Waals surface area contributed by atoms with Gasteiger partial charge in [-0.2, -0.15) is 0 Å². The summed E-state index contributed by atoms with van der Waals surface area (Å²) in [5.74, 6) is -0.738. The van der Waals surface area contributed by atoms with Crippen molar-refractivity contribution in [1.29, 1.82) is 0 Å². The highest BCUT2D eigenvalue weighted by atomic mass is 16.7. The third kappa shape index (κ3) is 1.66. The van der Waals surface area contributed by atoms with Crippen LogP contribution >= 0.6 is 0 Å². The number of hydrogen-bond acceptors (Lipinski definition) is 4. The highest BCUT2D eigenvalue weighted by Crippen LogP contribution is 2.40. The average Bonchev–Trinajstić information content (AvgIpc) is 3.05. The van der Waals surface area contributed by atoms with Crippen LogP contribution in [0.15, 0.2) is 54.6 Å². The number of nitrogens with zero attached hydrogens (tertiary/aromatic N) is 1. The largest absolute Gasteiger partial charge is 0.351 e. The zero-order chi connectivity index (χ0) is 15.2. The van der Waals surface area contributed by atoms with Gasteiger partial charge in [-0.3, -0.25) is 14.5 Å². The van der Waals surface area contributed by atoms with E-state index >= 15 is 0 Å². The predicted molar refractivity (Wildman–Crippen MR) is 79.0 cm³/mol. The first kappa shape index (κ1) is 13.2. The molecule has 2 aromatic rings. The molecule has 22 heavy (non-hydrogen) atoms. The Morgan fingerprint density at radius 1 is 0.955 bits per heavy atom. The van der Waals surface area contributed by atoms with Crippen molar-refractivity contribution >= 4 is 23.1 Å². The summed E-state index contributed by atoms with van der Waals surface area (Å²) in [6.07, 6.45) is 0. The van der Waals surface area contributed by atoms with Gasteiger partial charge in [-0.05, 0) is 24.3 Å². The molecule has 2 aliphatic heterocycles. The van der Waals surface area contributed by atoms with E-state index in [0.29, 0.717) is 16.9 Å². The number of anilines is 2. The fourth-order valence-corrected chi connectivity index (χ4v) is 2.92. The second-order valence-corrected chi connectivity index (χ2v) is 5.26. The van der Waals surface area contributed by atoms with Gasteiger partial charge in [0, 0.05) is 11.3 Å². The van der Waals surface area contributed by atoms with Gasteiger partial charge >= 0.3 is 0 Å². The minimum atomic E-state index is -1.57. The molecule has 2 heterocycles. The van der Waals surface area contributed by atoms with Crippen LogP contribution < -0.4 is 4.90 Å². The monoisotopic (exact) mass is 295 g/mol. The molecule has 4 rings (SSSR count). The second-order valence-electron chi connectivity index (χ2n) is 5.26. The molecule has 0 radical (unpaired) electrons. The quantitative estimate of drug-likeness (QED) is 0.757. The van der Waals surface area contributed by atoms with E-state index in [0.717, 1.165) is 0 Å². The fraction of sp³-hybridized carbons (Fsp3) is 0.176. The first-order valence-electron chi connectivity index (χ1n) is 6.99. The maximum absolute atomic E-state index is 13.0. The molecule has 0 aromatic heterocycles. The third-order valence-corrected chi connectivity index (χ3v) is 4.01. The number of para-hydroxylation sites is 2. The van der Waals surface area contributed by atoms with Crippen LogP contribution in [0.4, 0.5) is 11.4 Å². The Hall–Kier alpha value is -2.50. The molecule has 1 spiro atoms. The van der Waals surface area contributed by atoms with Gasteiger partial charge in [0.1, 0.15) is 6.79 Å². The maximum atomic E-state index is 13.0. The lowest BCUT2D eigenvalue weighted by Gasteiger charge is -2.37. The lowest BCUT2D eigenvalue weighted by atomic mass is 9.86. The molecular formula is C17H13NO4. The van der Waals surface area contributed by atoms with E-state index in [1.807, 2.05) is 30.3 Å². The summed E-state index contributed by atoms with van der Waals surface area (Å²) in [7, 11) is 0. The van der Waals surface area contributed by atoms with Crippen molar-refractivity contribution in [1.82, 2.24) is 0 Å². The van der Waals surface area contributed by atoms with Crippen LogP contribution in [-0.4, -0.2) is 30.7 Å².